The van der Waals surface area contributed by atoms with Gasteiger partial charge < -0.3 is 11.1 Å². The van der Waals surface area contributed by atoms with Crippen molar-refractivity contribution in [2.75, 3.05) is 11.1 Å². The molecule has 0 spiro atoms. The van der Waals surface area contributed by atoms with Crippen molar-refractivity contribution >= 4 is 22.1 Å². The SMILES string of the molecule is Cc1cc2c(NC3C4C5CCC(C5)C34)ccc(N)c2cn1. The van der Waals surface area contributed by atoms with Gasteiger partial charge in [-0.1, -0.05) is 0 Å². The lowest BCUT2D eigenvalue weighted by atomic mass is 10.0. The summed E-state index contributed by atoms with van der Waals surface area (Å²) in [6.45, 7) is 2.04. The largest absolute Gasteiger partial charge is 0.398 e. The number of nitrogens with zero attached hydrogens (tertiary/aromatic N) is 1. The highest BCUT2D eigenvalue weighted by molar-refractivity contribution is 6.01. The van der Waals surface area contributed by atoms with E-state index in [0.717, 1.165) is 40.4 Å². The number of nitrogens with one attached hydrogen (secondary N) is 1. The summed E-state index contributed by atoms with van der Waals surface area (Å²) < 4.78 is 0. The predicted molar refractivity (Wildman–Crippen MR) is 86.1 cm³/mol. The van der Waals surface area contributed by atoms with Crippen LogP contribution in [0, 0.1) is 30.6 Å². The number of fused-ring (bicyclic) bond motifs is 6. The first-order valence-electron chi connectivity index (χ1n) is 8.14. The quantitative estimate of drug-likeness (QED) is 0.826. The topological polar surface area (TPSA) is 50.9 Å². The van der Waals surface area contributed by atoms with Crippen LogP contribution in [0.15, 0.2) is 24.4 Å². The summed E-state index contributed by atoms with van der Waals surface area (Å²) >= 11 is 0. The normalized spacial score (nSPS) is 36.0. The zero-order valence-electron chi connectivity index (χ0n) is 12.3. The van der Waals surface area contributed by atoms with E-state index < -0.39 is 0 Å². The number of aryl methyl sites for hydroxylation is 1. The number of rotatable bonds is 2. The summed E-state index contributed by atoms with van der Waals surface area (Å²) in [6.07, 6.45) is 6.34. The number of aromatic nitrogens is 1. The first kappa shape index (κ1) is 11.8. The fourth-order valence-electron chi connectivity index (χ4n) is 5.19. The Morgan fingerprint density at radius 3 is 2.67 bits per heavy atom. The van der Waals surface area contributed by atoms with Crippen molar-refractivity contribution in [1.29, 1.82) is 0 Å². The molecule has 5 rings (SSSR count). The van der Waals surface area contributed by atoms with Gasteiger partial charge in [-0.3, -0.25) is 4.98 Å². The van der Waals surface area contributed by atoms with Crippen LogP contribution in [0.1, 0.15) is 25.0 Å². The van der Waals surface area contributed by atoms with Crippen molar-refractivity contribution in [3.63, 3.8) is 0 Å². The van der Waals surface area contributed by atoms with Crippen LogP contribution in [0.2, 0.25) is 0 Å². The monoisotopic (exact) mass is 279 g/mol. The lowest BCUT2D eigenvalue weighted by Gasteiger charge is -2.15. The van der Waals surface area contributed by atoms with Gasteiger partial charge in [0, 0.05) is 40.1 Å². The molecule has 3 saturated carbocycles. The second kappa shape index (κ2) is 3.90. The third-order valence-corrected chi connectivity index (χ3v) is 6.13. The highest BCUT2D eigenvalue weighted by Gasteiger charge is 2.65. The Balaban J connectivity index is 1.51. The molecule has 3 aliphatic carbocycles. The lowest BCUT2D eigenvalue weighted by Crippen LogP contribution is -2.13. The highest BCUT2D eigenvalue weighted by Crippen LogP contribution is 2.66. The van der Waals surface area contributed by atoms with Crippen LogP contribution in [0.25, 0.3) is 10.8 Å². The molecule has 0 amide bonds. The molecular weight excluding hydrogens is 258 g/mol. The molecular formula is C18H21N3. The first-order chi connectivity index (χ1) is 10.2. The van der Waals surface area contributed by atoms with E-state index in [4.69, 9.17) is 5.73 Å². The highest BCUT2D eigenvalue weighted by atomic mass is 15.0. The zero-order chi connectivity index (χ0) is 14.1. The third kappa shape index (κ3) is 1.57. The van der Waals surface area contributed by atoms with Crippen LogP contribution in [0.4, 0.5) is 11.4 Å². The Labute approximate surface area is 124 Å². The maximum absolute atomic E-state index is 6.10. The van der Waals surface area contributed by atoms with Crippen LogP contribution in [0.5, 0.6) is 0 Å². The molecule has 1 aromatic heterocycles. The molecule has 1 aromatic carbocycles. The molecule has 0 radical (unpaired) electrons. The molecule has 3 nitrogen and oxygen atoms in total. The van der Waals surface area contributed by atoms with Gasteiger partial charge in [0.1, 0.15) is 0 Å². The van der Waals surface area contributed by atoms with Crippen molar-refractivity contribution in [2.24, 2.45) is 23.7 Å². The average Bonchev–Trinajstić information content (AvgIpc) is 2.86. The van der Waals surface area contributed by atoms with E-state index in [2.05, 4.69) is 22.4 Å². The Hall–Kier alpha value is -1.77. The third-order valence-electron chi connectivity index (χ3n) is 6.13. The number of pyridine rings is 1. The Morgan fingerprint density at radius 1 is 1.14 bits per heavy atom. The summed E-state index contributed by atoms with van der Waals surface area (Å²) in [6, 6.07) is 7.01. The summed E-state index contributed by atoms with van der Waals surface area (Å²) in [7, 11) is 0. The minimum Gasteiger partial charge on any atom is -0.398 e. The number of benzene rings is 1. The molecule has 2 bridgehead atoms. The van der Waals surface area contributed by atoms with E-state index in [1.54, 1.807) is 0 Å². The van der Waals surface area contributed by atoms with Gasteiger partial charge in [0.15, 0.2) is 0 Å². The van der Waals surface area contributed by atoms with Crippen molar-refractivity contribution < 1.29 is 0 Å². The maximum Gasteiger partial charge on any atom is 0.0424 e. The molecule has 4 atom stereocenters. The van der Waals surface area contributed by atoms with Crippen LogP contribution in [0.3, 0.4) is 0 Å². The van der Waals surface area contributed by atoms with Gasteiger partial charge in [-0.15, -0.1) is 0 Å². The van der Waals surface area contributed by atoms with Crippen LogP contribution >= 0.6 is 0 Å². The lowest BCUT2D eigenvalue weighted by molar-refractivity contribution is 0.456. The van der Waals surface area contributed by atoms with E-state index in [-0.39, 0.29) is 0 Å². The molecule has 2 aromatic rings. The summed E-state index contributed by atoms with van der Waals surface area (Å²) in [4.78, 5) is 4.39. The predicted octanol–water partition coefficient (Wildman–Crippen LogP) is 3.58. The Kier molecular flexibility index (Phi) is 2.20. The minimum atomic E-state index is 0.705. The smallest absolute Gasteiger partial charge is 0.0424 e. The van der Waals surface area contributed by atoms with Crippen molar-refractivity contribution in [3.8, 4) is 0 Å². The van der Waals surface area contributed by atoms with Crippen LogP contribution in [-0.4, -0.2) is 11.0 Å². The first-order valence-corrected chi connectivity index (χ1v) is 8.14. The molecule has 0 saturated heterocycles. The molecule has 1 heterocycles. The molecule has 3 N–H and O–H groups in total. The van der Waals surface area contributed by atoms with Gasteiger partial charge in [-0.2, -0.15) is 0 Å². The summed E-state index contributed by atoms with van der Waals surface area (Å²) in [5.41, 5.74) is 9.21. The van der Waals surface area contributed by atoms with Gasteiger partial charge in [0.25, 0.3) is 0 Å². The fraction of sp³-hybridized carbons (Fsp3) is 0.500. The number of hydrogen-bond acceptors (Lipinski definition) is 3. The maximum atomic E-state index is 6.10. The fourth-order valence-corrected chi connectivity index (χ4v) is 5.19. The average molecular weight is 279 g/mol. The van der Waals surface area contributed by atoms with Gasteiger partial charge in [0.05, 0.1) is 0 Å². The van der Waals surface area contributed by atoms with Crippen LogP contribution in [-0.2, 0) is 0 Å². The van der Waals surface area contributed by atoms with E-state index in [0.29, 0.717) is 6.04 Å². The van der Waals surface area contributed by atoms with Crippen molar-refractivity contribution in [3.05, 3.63) is 30.1 Å². The second-order valence-electron chi connectivity index (χ2n) is 7.23. The van der Waals surface area contributed by atoms with Crippen molar-refractivity contribution in [1.82, 2.24) is 4.98 Å². The number of nitrogen functional groups attached to an aromatic ring is 1. The van der Waals surface area contributed by atoms with E-state index in [1.807, 2.05) is 19.2 Å². The molecule has 108 valence electrons. The number of hydrogen-bond donors (Lipinski definition) is 2. The Bertz CT molecular complexity index is 723. The minimum absolute atomic E-state index is 0.705. The summed E-state index contributed by atoms with van der Waals surface area (Å²) in [5, 5.41) is 6.12. The molecule has 21 heavy (non-hydrogen) atoms. The van der Waals surface area contributed by atoms with E-state index >= 15 is 0 Å². The van der Waals surface area contributed by atoms with Gasteiger partial charge >= 0.3 is 0 Å². The van der Waals surface area contributed by atoms with Crippen molar-refractivity contribution in [2.45, 2.75) is 32.2 Å². The molecule has 3 aliphatic rings. The molecule has 0 aliphatic heterocycles. The Morgan fingerprint density at radius 2 is 1.90 bits per heavy atom. The molecule has 3 fully saturated rings. The number of nitrogens with two attached hydrogens (primary N) is 1. The standard InChI is InChI=1S/C18H21N3/c1-9-6-12-13(8-20-9)14(19)4-5-15(12)21-18-16-10-2-3-11(7-10)17(16)18/h4-6,8,10-11,16-18,21H,2-3,7,19H2,1H3. The zero-order valence-corrected chi connectivity index (χ0v) is 12.3. The molecule has 3 heteroatoms. The van der Waals surface area contributed by atoms with Crippen LogP contribution < -0.4 is 11.1 Å². The van der Waals surface area contributed by atoms with Gasteiger partial charge in [-0.25, -0.2) is 0 Å². The van der Waals surface area contributed by atoms with Gasteiger partial charge in [0.2, 0.25) is 0 Å². The summed E-state index contributed by atoms with van der Waals surface area (Å²) in [5.74, 6) is 3.89. The van der Waals surface area contributed by atoms with E-state index in [1.165, 1.54) is 30.3 Å². The number of anilines is 2. The van der Waals surface area contributed by atoms with E-state index in [9.17, 15) is 0 Å². The molecule has 4 unspecified atom stereocenters. The van der Waals surface area contributed by atoms with Gasteiger partial charge in [-0.05, 0) is 68.1 Å². The second-order valence-corrected chi connectivity index (χ2v) is 7.23.